The van der Waals surface area contributed by atoms with E-state index in [4.69, 9.17) is 4.74 Å². The smallest absolute Gasteiger partial charge is 0.339 e. The van der Waals surface area contributed by atoms with E-state index in [0.29, 0.717) is 43.9 Å². The van der Waals surface area contributed by atoms with Crippen LogP contribution in [0, 0.1) is 0 Å². The van der Waals surface area contributed by atoms with E-state index in [0.717, 1.165) is 37.6 Å². The molecule has 0 radical (unpaired) electrons. The second-order valence-corrected chi connectivity index (χ2v) is 7.83. The van der Waals surface area contributed by atoms with E-state index in [-0.39, 0.29) is 11.9 Å². The molecule has 0 N–H and O–H groups in total. The number of pyridine rings is 2. The van der Waals surface area contributed by atoms with Gasteiger partial charge >= 0.3 is 5.97 Å². The maximum Gasteiger partial charge on any atom is 0.339 e. The molecule has 2 aromatic heterocycles. The summed E-state index contributed by atoms with van der Waals surface area (Å²) >= 11 is 0. The minimum atomic E-state index is -0.363. The van der Waals surface area contributed by atoms with Gasteiger partial charge in [-0.05, 0) is 50.5 Å². The number of nitrogens with zero attached hydrogens (tertiary/aromatic N) is 5. The Labute approximate surface area is 182 Å². The van der Waals surface area contributed by atoms with Crippen LogP contribution in [-0.2, 0) is 4.74 Å². The molecule has 2 aliphatic heterocycles. The Morgan fingerprint density at radius 2 is 1.71 bits per heavy atom. The van der Waals surface area contributed by atoms with Crippen LogP contribution in [0.3, 0.4) is 0 Å². The molecule has 8 nitrogen and oxygen atoms in total. The molecule has 2 aromatic rings. The molecule has 164 valence electrons. The maximum absolute atomic E-state index is 13.3. The highest BCUT2D eigenvalue weighted by molar-refractivity contribution is 5.99. The van der Waals surface area contributed by atoms with E-state index in [9.17, 15) is 9.59 Å². The van der Waals surface area contributed by atoms with Crippen LogP contribution in [0.5, 0.6) is 0 Å². The summed E-state index contributed by atoms with van der Waals surface area (Å²) in [5.41, 5.74) is 1.14. The zero-order valence-electron chi connectivity index (χ0n) is 18.0. The highest BCUT2D eigenvalue weighted by Gasteiger charge is 2.27. The predicted octanol–water partition coefficient (Wildman–Crippen LogP) is 2.61. The van der Waals surface area contributed by atoms with E-state index < -0.39 is 0 Å². The first-order chi connectivity index (χ1) is 15.2. The Kier molecular flexibility index (Phi) is 6.64. The van der Waals surface area contributed by atoms with Crippen molar-refractivity contribution in [1.82, 2.24) is 14.9 Å². The van der Waals surface area contributed by atoms with Crippen LogP contribution >= 0.6 is 0 Å². The first kappa shape index (κ1) is 21.1. The Balaban J connectivity index is 1.39. The molecule has 0 saturated carbocycles. The van der Waals surface area contributed by atoms with Gasteiger partial charge in [-0.25, -0.2) is 14.8 Å². The maximum atomic E-state index is 13.3. The van der Waals surface area contributed by atoms with Crippen molar-refractivity contribution in [2.75, 3.05) is 55.7 Å². The van der Waals surface area contributed by atoms with Crippen LogP contribution < -0.4 is 9.80 Å². The van der Waals surface area contributed by atoms with Crippen LogP contribution in [0.15, 0.2) is 36.7 Å². The zero-order valence-corrected chi connectivity index (χ0v) is 18.0. The molecular formula is C23H29N5O3. The summed E-state index contributed by atoms with van der Waals surface area (Å²) in [7, 11) is 0. The molecular weight excluding hydrogens is 394 g/mol. The average Bonchev–Trinajstić information content (AvgIpc) is 2.84. The summed E-state index contributed by atoms with van der Waals surface area (Å²) in [6.45, 7) is 6.65. The van der Waals surface area contributed by atoms with Gasteiger partial charge < -0.3 is 19.4 Å². The summed E-state index contributed by atoms with van der Waals surface area (Å²) in [6.07, 6.45) is 6.84. The predicted molar refractivity (Wildman–Crippen MR) is 119 cm³/mol. The van der Waals surface area contributed by atoms with Crippen LogP contribution in [0.25, 0.3) is 0 Å². The van der Waals surface area contributed by atoms with Crippen LogP contribution in [0.1, 0.15) is 46.9 Å². The van der Waals surface area contributed by atoms with Gasteiger partial charge in [-0.3, -0.25) is 4.79 Å². The standard InChI is InChI=1S/C23H29N5O3/c1-2-31-23(30)18-8-9-20(25-17-18)26-13-15-28(16-14-26)22(29)19-7-6-10-24-21(19)27-11-4-3-5-12-27/h6-10,17H,2-5,11-16H2,1H3. The van der Waals surface area contributed by atoms with E-state index >= 15 is 0 Å². The SMILES string of the molecule is CCOC(=O)c1ccc(N2CCN(C(=O)c3cccnc3N3CCCCC3)CC2)nc1. The molecule has 2 fully saturated rings. The summed E-state index contributed by atoms with van der Waals surface area (Å²) in [5, 5.41) is 0. The Morgan fingerprint density at radius 3 is 2.39 bits per heavy atom. The van der Waals surface area contributed by atoms with Crippen molar-refractivity contribution in [1.29, 1.82) is 0 Å². The molecule has 8 heteroatoms. The van der Waals surface area contributed by atoms with Crippen molar-refractivity contribution < 1.29 is 14.3 Å². The average molecular weight is 424 g/mol. The largest absolute Gasteiger partial charge is 0.462 e. The summed E-state index contributed by atoms with van der Waals surface area (Å²) < 4.78 is 5.00. The van der Waals surface area contributed by atoms with Gasteiger partial charge in [0.25, 0.3) is 5.91 Å². The molecule has 0 spiro atoms. The molecule has 0 aliphatic carbocycles. The van der Waals surface area contributed by atoms with Crippen LogP contribution in [-0.4, -0.2) is 72.6 Å². The van der Waals surface area contributed by atoms with Crippen molar-refractivity contribution in [2.45, 2.75) is 26.2 Å². The number of esters is 1. The van der Waals surface area contributed by atoms with Crippen LogP contribution in [0.4, 0.5) is 11.6 Å². The Bertz CT molecular complexity index is 904. The molecule has 0 unspecified atom stereocenters. The zero-order chi connectivity index (χ0) is 21.6. The molecule has 0 aromatic carbocycles. The number of rotatable bonds is 5. The van der Waals surface area contributed by atoms with Crippen molar-refractivity contribution in [2.24, 2.45) is 0 Å². The third-order valence-corrected chi connectivity index (χ3v) is 5.82. The first-order valence-corrected chi connectivity index (χ1v) is 11.0. The first-order valence-electron chi connectivity index (χ1n) is 11.0. The van der Waals surface area contributed by atoms with Gasteiger partial charge in [0.05, 0.1) is 17.7 Å². The Hall–Kier alpha value is -3.16. The van der Waals surface area contributed by atoms with Gasteiger partial charge in [0, 0.05) is 51.7 Å². The molecule has 0 atom stereocenters. The summed E-state index contributed by atoms with van der Waals surface area (Å²) in [5.74, 6) is 1.29. The molecule has 4 heterocycles. The molecule has 2 saturated heterocycles. The Morgan fingerprint density at radius 1 is 0.935 bits per heavy atom. The van der Waals surface area contributed by atoms with Crippen LogP contribution in [0.2, 0.25) is 0 Å². The number of hydrogen-bond acceptors (Lipinski definition) is 7. The van der Waals surface area contributed by atoms with E-state index in [2.05, 4.69) is 19.8 Å². The molecule has 4 rings (SSSR count). The molecule has 2 aliphatic rings. The quantitative estimate of drug-likeness (QED) is 0.684. The minimum absolute atomic E-state index is 0.0407. The molecule has 31 heavy (non-hydrogen) atoms. The third-order valence-electron chi connectivity index (χ3n) is 5.82. The minimum Gasteiger partial charge on any atom is -0.462 e. The van der Waals surface area contributed by atoms with E-state index in [1.54, 1.807) is 25.4 Å². The lowest BCUT2D eigenvalue weighted by molar-refractivity contribution is 0.0525. The normalized spacial score (nSPS) is 16.9. The molecule has 0 bridgehead atoms. The number of ether oxygens (including phenoxy) is 1. The topological polar surface area (TPSA) is 78.9 Å². The highest BCUT2D eigenvalue weighted by Crippen LogP contribution is 2.24. The fraction of sp³-hybridized carbons (Fsp3) is 0.478. The number of hydrogen-bond donors (Lipinski definition) is 0. The van der Waals surface area contributed by atoms with Gasteiger partial charge in [-0.2, -0.15) is 0 Å². The van der Waals surface area contributed by atoms with Crippen molar-refractivity contribution in [3.05, 3.63) is 47.8 Å². The van der Waals surface area contributed by atoms with E-state index in [1.165, 1.54) is 6.42 Å². The number of amides is 1. The number of aromatic nitrogens is 2. The number of piperidine rings is 1. The van der Waals surface area contributed by atoms with Crippen molar-refractivity contribution >= 4 is 23.5 Å². The van der Waals surface area contributed by atoms with Gasteiger partial charge in [-0.15, -0.1) is 0 Å². The number of carbonyl (C=O) groups is 2. The van der Waals surface area contributed by atoms with Gasteiger partial charge in [0.15, 0.2) is 0 Å². The molecule has 1 amide bonds. The third kappa shape index (κ3) is 4.78. The van der Waals surface area contributed by atoms with Gasteiger partial charge in [-0.1, -0.05) is 0 Å². The summed E-state index contributed by atoms with van der Waals surface area (Å²) in [4.78, 5) is 40.3. The monoisotopic (exact) mass is 423 g/mol. The highest BCUT2D eigenvalue weighted by atomic mass is 16.5. The second kappa shape index (κ2) is 9.76. The van der Waals surface area contributed by atoms with Crippen molar-refractivity contribution in [3.63, 3.8) is 0 Å². The summed E-state index contributed by atoms with van der Waals surface area (Å²) in [6, 6.07) is 7.30. The number of piperazine rings is 1. The fourth-order valence-electron chi connectivity index (χ4n) is 4.14. The lowest BCUT2D eigenvalue weighted by atomic mass is 10.1. The second-order valence-electron chi connectivity index (χ2n) is 7.83. The number of carbonyl (C=O) groups excluding carboxylic acids is 2. The fourth-order valence-corrected chi connectivity index (χ4v) is 4.14. The van der Waals surface area contributed by atoms with Crippen molar-refractivity contribution in [3.8, 4) is 0 Å². The number of anilines is 2. The lowest BCUT2D eigenvalue weighted by Crippen LogP contribution is -2.49. The van der Waals surface area contributed by atoms with Gasteiger partial charge in [0.2, 0.25) is 0 Å². The van der Waals surface area contributed by atoms with E-state index in [1.807, 2.05) is 23.1 Å². The lowest BCUT2D eigenvalue weighted by Gasteiger charge is -2.36. The van der Waals surface area contributed by atoms with Gasteiger partial charge in [0.1, 0.15) is 11.6 Å².